The number of aryl methyl sites for hydroxylation is 1. The number of rotatable bonds is 15. The van der Waals surface area contributed by atoms with Gasteiger partial charge in [-0.3, -0.25) is 38.4 Å². The highest BCUT2D eigenvalue weighted by Crippen LogP contribution is 2.26. The Labute approximate surface area is 439 Å². The Morgan fingerprint density at radius 1 is 0.763 bits per heavy atom. The zero-order chi connectivity index (χ0) is 56.0. The summed E-state index contributed by atoms with van der Waals surface area (Å²) < 4.78 is 5.88. The molecule has 23 heteroatoms. The van der Waals surface area contributed by atoms with E-state index in [-0.39, 0.29) is 50.0 Å². The summed E-state index contributed by atoms with van der Waals surface area (Å²) in [5.74, 6) is -9.59. The number of ether oxygens (including phenoxy) is 1. The zero-order valence-electron chi connectivity index (χ0n) is 43.1. The predicted octanol–water partition coefficient (Wildman–Crippen LogP) is -0.929. The first-order valence-corrected chi connectivity index (χ1v) is 24.9. The van der Waals surface area contributed by atoms with Crippen molar-refractivity contribution in [1.82, 2.24) is 41.7 Å². The third kappa shape index (κ3) is 15.6. The predicted molar refractivity (Wildman–Crippen MR) is 272 cm³/mol. The fraction of sp³-hybridized carbons (Fsp3) is 0.453. The number of phenols is 2. The molecule has 410 valence electrons. The second-order valence-electron chi connectivity index (χ2n) is 19.1. The number of hydrogen-bond acceptors (Lipinski definition) is 15. The van der Waals surface area contributed by atoms with Crippen LogP contribution in [0, 0.1) is 5.92 Å². The molecule has 2 aliphatic heterocycles. The molecule has 0 radical (unpaired) electrons. The van der Waals surface area contributed by atoms with Crippen LogP contribution in [0.4, 0.5) is 0 Å². The van der Waals surface area contributed by atoms with Gasteiger partial charge in [-0.15, -0.1) is 0 Å². The minimum Gasteiger partial charge on any atom is -0.508 e. The number of hydrogen-bond donors (Lipinski definition) is 11. The van der Waals surface area contributed by atoms with Gasteiger partial charge in [-0.1, -0.05) is 74.5 Å². The zero-order valence-corrected chi connectivity index (χ0v) is 43.1. The second kappa shape index (κ2) is 27.1. The van der Waals surface area contributed by atoms with Gasteiger partial charge in [0.05, 0.1) is 6.61 Å². The van der Waals surface area contributed by atoms with Crippen LogP contribution in [0.3, 0.4) is 0 Å². The maximum absolute atomic E-state index is 15.0. The van der Waals surface area contributed by atoms with Crippen molar-refractivity contribution < 1.29 is 73.4 Å². The Bertz CT molecular complexity index is 2600. The normalized spacial score (nSPS) is 23.9. The molecule has 0 aromatic heterocycles. The number of amides is 8. The van der Waals surface area contributed by atoms with Crippen LogP contribution >= 0.6 is 0 Å². The molecule has 2 bridgehead atoms. The molecule has 8 amide bonds. The molecule has 23 nitrogen and oxygen atoms in total. The third-order valence-corrected chi connectivity index (χ3v) is 13.1. The van der Waals surface area contributed by atoms with Crippen molar-refractivity contribution in [2.45, 2.75) is 134 Å². The molecule has 2 aliphatic rings. The molecule has 0 aliphatic carbocycles. The summed E-state index contributed by atoms with van der Waals surface area (Å²) in [7, 11) is 1.33. The van der Waals surface area contributed by atoms with Crippen LogP contribution in [0.15, 0.2) is 90.6 Å². The van der Waals surface area contributed by atoms with Gasteiger partial charge in [0.15, 0.2) is 6.10 Å². The van der Waals surface area contributed by atoms with Crippen LogP contribution in [0.1, 0.15) is 70.6 Å². The molecule has 0 spiro atoms. The lowest BCUT2D eigenvalue weighted by Gasteiger charge is -2.43. The van der Waals surface area contributed by atoms with Crippen LogP contribution in [-0.4, -0.2) is 163 Å². The molecular formula is C53H68N8O15. The second-order valence-corrected chi connectivity index (χ2v) is 19.1. The van der Waals surface area contributed by atoms with Gasteiger partial charge >= 0.3 is 5.97 Å². The van der Waals surface area contributed by atoms with Gasteiger partial charge in [0, 0.05) is 19.9 Å². The Morgan fingerprint density at radius 3 is 1.95 bits per heavy atom. The summed E-state index contributed by atoms with van der Waals surface area (Å²) >= 11 is 0. The summed E-state index contributed by atoms with van der Waals surface area (Å²) in [5.41, 5.74) is 1.24. The maximum Gasteiger partial charge on any atom is 0.329 e. The molecule has 10 atom stereocenters. The van der Waals surface area contributed by atoms with Gasteiger partial charge in [0.1, 0.15) is 71.8 Å². The number of carbonyl (C=O) groups excluding carboxylic acids is 9. The summed E-state index contributed by atoms with van der Waals surface area (Å²) in [6.07, 6.45) is -4.42. The topological polar surface area (TPSA) is 343 Å². The Hall–Kier alpha value is -7.89. The van der Waals surface area contributed by atoms with E-state index in [0.29, 0.717) is 16.7 Å². The van der Waals surface area contributed by atoms with Crippen LogP contribution < -0.4 is 31.9 Å². The molecular weight excluding hydrogens is 989 g/mol. The number of likely N-dealkylation sites (N-methyl/N-ethyl adjacent to an activating group) is 1. The van der Waals surface area contributed by atoms with Gasteiger partial charge in [-0.2, -0.15) is 0 Å². The molecule has 2 fully saturated rings. The fourth-order valence-corrected chi connectivity index (χ4v) is 8.62. The minimum atomic E-state index is -1.87. The van der Waals surface area contributed by atoms with Gasteiger partial charge in [0.25, 0.3) is 17.7 Å². The van der Waals surface area contributed by atoms with Gasteiger partial charge in [-0.25, -0.2) is 4.79 Å². The minimum absolute atomic E-state index is 0.0412. The van der Waals surface area contributed by atoms with Crippen LogP contribution in [0.2, 0.25) is 0 Å². The molecule has 5 rings (SSSR count). The van der Waals surface area contributed by atoms with Crippen molar-refractivity contribution in [2.75, 3.05) is 13.7 Å². The first kappa shape index (κ1) is 59.0. The van der Waals surface area contributed by atoms with E-state index in [2.05, 4.69) is 31.9 Å². The van der Waals surface area contributed by atoms with Crippen molar-refractivity contribution in [3.63, 3.8) is 0 Å². The quantitative estimate of drug-likeness (QED) is 0.0647. The highest BCUT2D eigenvalue weighted by Gasteiger charge is 2.45. The number of cyclic esters (lactones) is 1. The molecule has 2 saturated heterocycles. The van der Waals surface area contributed by atoms with Crippen molar-refractivity contribution in [3.8, 4) is 11.5 Å². The monoisotopic (exact) mass is 1060 g/mol. The number of aromatic hydroxyl groups is 2. The lowest BCUT2D eigenvalue weighted by molar-refractivity contribution is -0.165. The number of aliphatic hydroxyl groups is 3. The van der Waals surface area contributed by atoms with Crippen molar-refractivity contribution in [2.24, 2.45) is 5.92 Å². The molecule has 76 heavy (non-hydrogen) atoms. The SMILES string of the molecule is C/C=C1\NC(=O)C(NC(=O)C(CCc2ccc(O)cc2)NC(=O)C(C)NC(=O)C(O)CO)C(C)OC(=O)C(C(C)C)NC(=O)C(Cc2ccc(O)cc2)N(C)C(=O)C(Cc2ccccc2)N2C(=O)C(CCC2O)NC1=O. The van der Waals surface area contributed by atoms with Crippen molar-refractivity contribution >= 4 is 53.2 Å². The number of aliphatic hydroxyl groups excluding tert-OH is 3. The fourth-order valence-electron chi connectivity index (χ4n) is 8.62. The summed E-state index contributed by atoms with van der Waals surface area (Å²) in [6.45, 7) is 6.12. The molecule has 11 N–H and O–H groups in total. The number of benzene rings is 3. The van der Waals surface area contributed by atoms with E-state index in [0.717, 1.165) is 9.80 Å². The maximum atomic E-state index is 15.0. The lowest BCUT2D eigenvalue weighted by atomic mass is 9.95. The molecule has 0 saturated carbocycles. The number of carbonyl (C=O) groups is 9. The van der Waals surface area contributed by atoms with Gasteiger partial charge < -0.3 is 72.0 Å². The molecule has 3 aromatic rings. The standard InChI is InChI=1S/C53H68N8O15/c1-7-36-46(68)57-38-23-24-42(66)61(51(38)73)40(26-32-11-9-8-10-12-32)52(74)60(6)39(25-33-15-20-35(64)21-16-33)48(70)58-43(28(2)3)53(75)76-30(5)44(50(72)55-36)59-47(69)37(22-17-31-13-18-34(63)19-14-31)56-45(67)29(4)54-49(71)41(65)27-62/h7-16,18-21,28-30,37-44,62-66H,17,22-27H2,1-6H3,(H,54,71)(H,55,72)(H,56,67)(H,57,68)(H,58,70)(H,59,69)/b36-7-. The molecule has 3 aromatic carbocycles. The number of nitrogens with one attached hydrogen (secondary N) is 6. The van der Waals surface area contributed by atoms with Gasteiger partial charge in [0.2, 0.25) is 29.5 Å². The summed E-state index contributed by atoms with van der Waals surface area (Å²) in [6, 6.07) is 9.89. The number of phenolic OH excluding ortho intramolecular Hbond substituents is 2. The van der Waals surface area contributed by atoms with E-state index in [1.165, 1.54) is 70.3 Å². The highest BCUT2D eigenvalue weighted by molar-refractivity contribution is 6.03. The lowest BCUT2D eigenvalue weighted by Crippen LogP contribution is -2.64. The third-order valence-electron chi connectivity index (χ3n) is 13.1. The highest BCUT2D eigenvalue weighted by atomic mass is 16.5. The van der Waals surface area contributed by atoms with E-state index < -0.39 is 132 Å². The summed E-state index contributed by atoms with van der Waals surface area (Å²) in [4.78, 5) is 130. The number of fused-ring (bicyclic) bond motifs is 2. The average molecular weight is 1060 g/mol. The summed E-state index contributed by atoms with van der Waals surface area (Å²) in [5, 5.41) is 65.5. The van der Waals surface area contributed by atoms with E-state index in [1.807, 2.05) is 0 Å². The number of esters is 1. The Morgan fingerprint density at radius 2 is 1.36 bits per heavy atom. The van der Waals surface area contributed by atoms with Crippen LogP contribution in [-0.2, 0) is 67.2 Å². The number of allylic oxidation sites excluding steroid dienone is 1. The van der Waals surface area contributed by atoms with Crippen LogP contribution in [0.5, 0.6) is 11.5 Å². The van der Waals surface area contributed by atoms with Crippen molar-refractivity contribution in [3.05, 3.63) is 107 Å². The molecule has 2 heterocycles. The Kier molecular flexibility index (Phi) is 21.0. The number of piperidine rings is 1. The number of nitrogens with zero attached hydrogens (tertiary/aromatic N) is 2. The van der Waals surface area contributed by atoms with Crippen LogP contribution in [0.25, 0.3) is 0 Å². The largest absolute Gasteiger partial charge is 0.508 e. The molecule has 10 unspecified atom stereocenters. The first-order valence-electron chi connectivity index (χ1n) is 24.9. The van der Waals surface area contributed by atoms with E-state index >= 15 is 4.79 Å². The van der Waals surface area contributed by atoms with Gasteiger partial charge in [-0.05, 0) is 93.3 Å². The Balaban J connectivity index is 1.57. The van der Waals surface area contributed by atoms with Crippen molar-refractivity contribution in [1.29, 1.82) is 0 Å². The average Bonchev–Trinajstić information content (AvgIpc) is 3.39. The first-order chi connectivity index (χ1) is 36.0. The van der Waals surface area contributed by atoms with E-state index in [1.54, 1.807) is 56.3 Å². The van der Waals surface area contributed by atoms with E-state index in [4.69, 9.17) is 4.74 Å². The smallest absolute Gasteiger partial charge is 0.329 e. The van der Waals surface area contributed by atoms with E-state index in [9.17, 15) is 63.9 Å².